The molecule has 112 valence electrons. The third kappa shape index (κ3) is 5.03. The first-order valence-corrected chi connectivity index (χ1v) is 6.66. The first-order chi connectivity index (χ1) is 8.75. The Morgan fingerprint density at radius 1 is 1.42 bits per heavy atom. The lowest BCUT2D eigenvalue weighted by Gasteiger charge is -2.36. The molecule has 0 bridgehead atoms. The van der Waals surface area contributed by atoms with Gasteiger partial charge in [0.05, 0.1) is 25.4 Å². The predicted molar refractivity (Wildman–Crippen MR) is 66.9 cm³/mol. The van der Waals surface area contributed by atoms with Gasteiger partial charge in [-0.3, -0.25) is 4.79 Å². The zero-order valence-electron chi connectivity index (χ0n) is 11.7. The van der Waals surface area contributed by atoms with Crippen LogP contribution in [0.15, 0.2) is 0 Å². The second kappa shape index (κ2) is 6.61. The molecule has 2 unspecified atom stereocenters. The van der Waals surface area contributed by atoms with Crippen LogP contribution in [0.2, 0.25) is 0 Å². The fourth-order valence-corrected chi connectivity index (χ4v) is 1.97. The monoisotopic (exact) mass is 279 g/mol. The minimum absolute atomic E-state index is 0.127. The molecule has 0 aromatic rings. The standard InChI is InChI=1S/C13H23F2NO3/c1-8(2)12(18)16-11(6-17)9(3)19-7-10-4-13(14,15)5-10/h8-11,17H,4-7H2,1-3H3,(H,16,18). The van der Waals surface area contributed by atoms with Crippen molar-refractivity contribution in [1.29, 1.82) is 0 Å². The minimum Gasteiger partial charge on any atom is -0.394 e. The van der Waals surface area contributed by atoms with E-state index in [1.54, 1.807) is 20.8 Å². The second-order valence-electron chi connectivity index (χ2n) is 5.62. The van der Waals surface area contributed by atoms with E-state index in [2.05, 4.69) is 5.32 Å². The molecule has 2 atom stereocenters. The number of halogens is 2. The summed E-state index contributed by atoms with van der Waals surface area (Å²) in [6.45, 7) is 5.24. The molecular weight excluding hydrogens is 256 g/mol. The van der Waals surface area contributed by atoms with Crippen molar-refractivity contribution in [2.24, 2.45) is 11.8 Å². The van der Waals surface area contributed by atoms with Crippen molar-refractivity contribution in [3.8, 4) is 0 Å². The van der Waals surface area contributed by atoms with Gasteiger partial charge in [0.1, 0.15) is 0 Å². The van der Waals surface area contributed by atoms with Gasteiger partial charge in [-0.05, 0) is 12.8 Å². The van der Waals surface area contributed by atoms with E-state index >= 15 is 0 Å². The van der Waals surface area contributed by atoms with Crippen LogP contribution in [0.3, 0.4) is 0 Å². The number of amides is 1. The number of carbonyl (C=O) groups is 1. The number of hydrogen-bond donors (Lipinski definition) is 2. The lowest BCUT2D eigenvalue weighted by atomic mass is 9.82. The van der Waals surface area contributed by atoms with Crippen molar-refractivity contribution >= 4 is 5.91 Å². The van der Waals surface area contributed by atoms with Crippen LogP contribution in [-0.2, 0) is 9.53 Å². The maximum atomic E-state index is 12.6. The van der Waals surface area contributed by atoms with Gasteiger partial charge in [0.25, 0.3) is 0 Å². The number of ether oxygens (including phenoxy) is 1. The molecule has 1 fully saturated rings. The summed E-state index contributed by atoms with van der Waals surface area (Å²) in [5, 5.41) is 11.9. The van der Waals surface area contributed by atoms with Crippen molar-refractivity contribution < 1.29 is 23.4 Å². The van der Waals surface area contributed by atoms with Crippen molar-refractivity contribution in [2.45, 2.75) is 51.7 Å². The molecular formula is C13H23F2NO3. The van der Waals surface area contributed by atoms with Gasteiger partial charge in [-0.25, -0.2) is 8.78 Å². The molecule has 0 aromatic carbocycles. The average Bonchev–Trinajstić information content (AvgIpc) is 2.29. The molecule has 0 heterocycles. The highest BCUT2D eigenvalue weighted by molar-refractivity contribution is 5.78. The van der Waals surface area contributed by atoms with Crippen molar-refractivity contribution in [2.75, 3.05) is 13.2 Å². The smallest absolute Gasteiger partial charge is 0.248 e. The van der Waals surface area contributed by atoms with Crippen molar-refractivity contribution in [1.82, 2.24) is 5.32 Å². The highest BCUT2D eigenvalue weighted by Crippen LogP contribution is 2.42. The fraction of sp³-hybridized carbons (Fsp3) is 0.923. The number of carbonyl (C=O) groups excluding carboxylic acids is 1. The van der Waals surface area contributed by atoms with Crippen LogP contribution in [0, 0.1) is 11.8 Å². The van der Waals surface area contributed by atoms with Gasteiger partial charge in [0, 0.05) is 18.8 Å². The quantitative estimate of drug-likeness (QED) is 0.743. The van der Waals surface area contributed by atoms with Crippen LogP contribution in [0.25, 0.3) is 0 Å². The molecule has 0 saturated heterocycles. The Morgan fingerprint density at radius 3 is 2.42 bits per heavy atom. The predicted octanol–water partition coefficient (Wildman–Crippen LogP) is 1.57. The molecule has 1 amide bonds. The first kappa shape index (κ1) is 16.3. The van der Waals surface area contributed by atoms with E-state index in [-0.39, 0.29) is 43.8 Å². The van der Waals surface area contributed by atoms with E-state index in [0.29, 0.717) is 0 Å². The Bertz CT molecular complexity index is 302. The summed E-state index contributed by atoms with van der Waals surface area (Å²) in [7, 11) is 0. The van der Waals surface area contributed by atoms with Crippen molar-refractivity contribution in [3.63, 3.8) is 0 Å². The van der Waals surface area contributed by atoms with Gasteiger partial charge in [-0.1, -0.05) is 13.8 Å². The molecule has 4 nitrogen and oxygen atoms in total. The molecule has 1 rings (SSSR count). The molecule has 0 aliphatic heterocycles. The Balaban J connectivity index is 2.30. The molecule has 19 heavy (non-hydrogen) atoms. The normalized spacial score (nSPS) is 21.8. The second-order valence-corrected chi connectivity index (χ2v) is 5.62. The zero-order valence-corrected chi connectivity index (χ0v) is 11.7. The van der Waals surface area contributed by atoms with Crippen molar-refractivity contribution in [3.05, 3.63) is 0 Å². The summed E-state index contributed by atoms with van der Waals surface area (Å²) in [6.07, 6.45) is -0.675. The summed E-state index contributed by atoms with van der Waals surface area (Å²) in [5.74, 6) is -3.01. The summed E-state index contributed by atoms with van der Waals surface area (Å²) in [6, 6.07) is -0.504. The average molecular weight is 279 g/mol. The summed E-state index contributed by atoms with van der Waals surface area (Å²) < 4.78 is 30.8. The van der Waals surface area contributed by atoms with Crippen LogP contribution < -0.4 is 5.32 Å². The number of alkyl halides is 2. The largest absolute Gasteiger partial charge is 0.394 e. The number of rotatable bonds is 7. The van der Waals surface area contributed by atoms with Crippen LogP contribution in [0.1, 0.15) is 33.6 Å². The first-order valence-electron chi connectivity index (χ1n) is 6.66. The Kier molecular flexibility index (Phi) is 5.67. The van der Waals surface area contributed by atoms with Crippen LogP contribution >= 0.6 is 0 Å². The van der Waals surface area contributed by atoms with Gasteiger partial charge in [0.15, 0.2) is 0 Å². The molecule has 0 spiro atoms. The fourth-order valence-electron chi connectivity index (χ4n) is 1.97. The van der Waals surface area contributed by atoms with Gasteiger partial charge < -0.3 is 15.2 Å². The van der Waals surface area contributed by atoms with E-state index in [9.17, 15) is 18.7 Å². The lowest BCUT2D eigenvalue weighted by Crippen LogP contribution is -2.48. The van der Waals surface area contributed by atoms with E-state index in [0.717, 1.165) is 0 Å². The summed E-state index contributed by atoms with van der Waals surface area (Å²) in [4.78, 5) is 11.5. The van der Waals surface area contributed by atoms with Gasteiger partial charge in [0.2, 0.25) is 11.8 Å². The lowest BCUT2D eigenvalue weighted by molar-refractivity contribution is -0.138. The van der Waals surface area contributed by atoms with Crippen LogP contribution in [-0.4, -0.2) is 42.3 Å². The number of hydrogen-bond acceptors (Lipinski definition) is 3. The topological polar surface area (TPSA) is 58.6 Å². The van der Waals surface area contributed by atoms with Crippen LogP contribution in [0.4, 0.5) is 8.78 Å². The Morgan fingerprint density at radius 2 is 2.00 bits per heavy atom. The number of aliphatic hydroxyl groups excluding tert-OH is 1. The SMILES string of the molecule is CC(C)C(=O)NC(CO)C(C)OCC1CC(F)(F)C1. The maximum Gasteiger partial charge on any atom is 0.248 e. The number of nitrogens with one attached hydrogen (secondary N) is 1. The highest BCUT2D eigenvalue weighted by atomic mass is 19.3. The Labute approximate surface area is 112 Å². The highest BCUT2D eigenvalue weighted by Gasteiger charge is 2.45. The third-order valence-electron chi connectivity index (χ3n) is 3.38. The number of aliphatic hydroxyl groups is 1. The van der Waals surface area contributed by atoms with Crippen LogP contribution in [0.5, 0.6) is 0 Å². The molecule has 0 radical (unpaired) electrons. The molecule has 1 saturated carbocycles. The zero-order chi connectivity index (χ0) is 14.6. The summed E-state index contributed by atoms with van der Waals surface area (Å²) >= 11 is 0. The van der Waals surface area contributed by atoms with Gasteiger partial charge >= 0.3 is 0 Å². The third-order valence-corrected chi connectivity index (χ3v) is 3.38. The molecule has 1 aliphatic carbocycles. The van der Waals surface area contributed by atoms with E-state index < -0.39 is 18.1 Å². The maximum absolute atomic E-state index is 12.6. The molecule has 6 heteroatoms. The van der Waals surface area contributed by atoms with Gasteiger partial charge in [-0.15, -0.1) is 0 Å². The minimum atomic E-state index is -2.54. The van der Waals surface area contributed by atoms with E-state index in [1.165, 1.54) is 0 Å². The summed E-state index contributed by atoms with van der Waals surface area (Å²) in [5.41, 5.74) is 0. The molecule has 0 aromatic heterocycles. The van der Waals surface area contributed by atoms with E-state index in [4.69, 9.17) is 4.74 Å². The molecule has 1 aliphatic rings. The van der Waals surface area contributed by atoms with E-state index in [1.807, 2.05) is 0 Å². The Hall–Kier alpha value is -0.750. The van der Waals surface area contributed by atoms with Gasteiger partial charge in [-0.2, -0.15) is 0 Å². The molecule has 2 N–H and O–H groups in total.